The van der Waals surface area contributed by atoms with Crippen LogP contribution in [0.4, 0.5) is 0 Å². The van der Waals surface area contributed by atoms with Crippen LogP contribution in [-0.2, 0) is 13.0 Å². The molecular formula is C22H16IN3O2S. The van der Waals surface area contributed by atoms with E-state index in [4.69, 9.17) is 0 Å². The van der Waals surface area contributed by atoms with Crippen LogP contribution in [0.2, 0.25) is 0 Å². The fraction of sp³-hybridized carbons (Fsp3) is 0.136. The second-order valence-electron chi connectivity index (χ2n) is 6.90. The van der Waals surface area contributed by atoms with E-state index in [2.05, 4.69) is 27.6 Å². The third-order valence-corrected chi connectivity index (χ3v) is 7.25. The number of halogens is 1. The molecule has 5 rings (SSSR count). The molecule has 1 aliphatic rings. The summed E-state index contributed by atoms with van der Waals surface area (Å²) in [5, 5.41) is 0.692. The van der Waals surface area contributed by atoms with Crippen molar-refractivity contribution in [1.29, 1.82) is 0 Å². The Morgan fingerprint density at radius 1 is 1.07 bits per heavy atom. The van der Waals surface area contributed by atoms with E-state index in [1.807, 2.05) is 59.5 Å². The lowest BCUT2D eigenvalue weighted by Crippen LogP contribution is -2.36. The normalized spacial score (nSPS) is 13.5. The fourth-order valence-electron chi connectivity index (χ4n) is 3.73. The van der Waals surface area contributed by atoms with Gasteiger partial charge in [0.2, 0.25) is 0 Å². The quantitative estimate of drug-likeness (QED) is 0.377. The Balaban J connectivity index is 1.54. The Labute approximate surface area is 184 Å². The molecule has 5 nitrogen and oxygen atoms in total. The van der Waals surface area contributed by atoms with Gasteiger partial charge in [0.1, 0.15) is 11.2 Å². The Morgan fingerprint density at radius 2 is 1.83 bits per heavy atom. The molecule has 7 heteroatoms. The van der Waals surface area contributed by atoms with Crippen molar-refractivity contribution in [2.75, 3.05) is 6.54 Å². The molecule has 1 amide bonds. The van der Waals surface area contributed by atoms with Crippen LogP contribution in [0.1, 0.15) is 20.8 Å². The first-order valence-electron chi connectivity index (χ1n) is 9.24. The summed E-state index contributed by atoms with van der Waals surface area (Å²) in [5.41, 5.74) is 2.52. The zero-order valence-corrected chi connectivity index (χ0v) is 18.3. The summed E-state index contributed by atoms with van der Waals surface area (Å²) in [7, 11) is 0. The molecule has 1 aliphatic heterocycles. The summed E-state index contributed by atoms with van der Waals surface area (Å²) in [6.07, 6.45) is 2.26. The number of amides is 1. The van der Waals surface area contributed by atoms with Gasteiger partial charge < -0.3 is 4.90 Å². The first-order valence-corrected chi connectivity index (χ1v) is 11.1. The number of para-hydroxylation sites is 1. The number of fused-ring (bicyclic) bond motifs is 3. The van der Waals surface area contributed by atoms with E-state index < -0.39 is 0 Å². The fourth-order valence-corrected chi connectivity index (χ4v) is 5.55. The number of thiophene rings is 1. The van der Waals surface area contributed by atoms with Crippen LogP contribution in [0.3, 0.4) is 0 Å². The number of hydrogen-bond acceptors (Lipinski definition) is 4. The van der Waals surface area contributed by atoms with Gasteiger partial charge in [0, 0.05) is 15.0 Å². The maximum atomic E-state index is 13.2. The van der Waals surface area contributed by atoms with Gasteiger partial charge in [-0.1, -0.05) is 30.3 Å². The summed E-state index contributed by atoms with van der Waals surface area (Å²) in [5.74, 6) is 0.0350. The highest BCUT2D eigenvalue weighted by atomic mass is 127. The van der Waals surface area contributed by atoms with Crippen molar-refractivity contribution in [3.05, 3.63) is 90.9 Å². The Hall–Kier alpha value is -2.52. The molecule has 4 aromatic rings. The minimum atomic E-state index is -0.0453. The molecule has 0 bridgehead atoms. The van der Waals surface area contributed by atoms with Crippen molar-refractivity contribution in [1.82, 2.24) is 14.5 Å². The second-order valence-corrected chi connectivity index (χ2v) is 9.14. The molecule has 0 fully saturated rings. The molecule has 2 aromatic carbocycles. The average Bonchev–Trinajstić information content (AvgIpc) is 3.13. The monoisotopic (exact) mass is 513 g/mol. The molecule has 144 valence electrons. The van der Waals surface area contributed by atoms with Gasteiger partial charge in [-0.2, -0.15) is 0 Å². The van der Waals surface area contributed by atoms with Crippen LogP contribution in [0.5, 0.6) is 0 Å². The molecule has 0 N–H and O–H groups in total. The minimum Gasteiger partial charge on any atom is -0.333 e. The maximum Gasteiger partial charge on any atom is 0.266 e. The third-order valence-electron chi connectivity index (χ3n) is 5.19. The Kier molecular flexibility index (Phi) is 4.71. The highest BCUT2D eigenvalue weighted by molar-refractivity contribution is 14.1. The number of aromatic nitrogens is 2. The summed E-state index contributed by atoms with van der Waals surface area (Å²) in [6.45, 7) is 1.12. The zero-order chi connectivity index (χ0) is 20.0. The molecule has 29 heavy (non-hydrogen) atoms. The molecule has 0 radical (unpaired) electrons. The highest BCUT2D eigenvalue weighted by Crippen LogP contribution is 2.33. The Bertz CT molecular complexity index is 1300. The molecule has 0 saturated heterocycles. The lowest BCUT2D eigenvalue weighted by atomic mass is 10.0. The van der Waals surface area contributed by atoms with Gasteiger partial charge in [0.25, 0.3) is 11.5 Å². The van der Waals surface area contributed by atoms with Gasteiger partial charge >= 0.3 is 0 Å². The predicted molar refractivity (Wildman–Crippen MR) is 123 cm³/mol. The van der Waals surface area contributed by atoms with E-state index in [-0.39, 0.29) is 11.5 Å². The van der Waals surface area contributed by atoms with E-state index in [0.717, 1.165) is 30.1 Å². The highest BCUT2D eigenvalue weighted by Gasteiger charge is 2.27. The van der Waals surface area contributed by atoms with E-state index in [9.17, 15) is 9.59 Å². The number of rotatable bonds is 2. The van der Waals surface area contributed by atoms with Crippen LogP contribution in [-0.4, -0.2) is 26.9 Å². The van der Waals surface area contributed by atoms with Crippen molar-refractivity contribution < 1.29 is 4.79 Å². The lowest BCUT2D eigenvalue weighted by Gasteiger charge is -2.27. The van der Waals surface area contributed by atoms with E-state index >= 15 is 0 Å². The minimum absolute atomic E-state index is 0.0350. The standard InChI is InChI=1S/C22H16IN3O2S/c23-17-9-5-4-8-15(17)21(27)25-11-10-16-18(12-25)29-20-19(16)22(28)26(13-24-20)14-6-2-1-3-7-14/h1-9,13H,10-12H2. The number of carbonyl (C=O) groups is 1. The summed E-state index contributed by atoms with van der Waals surface area (Å²) < 4.78 is 2.55. The van der Waals surface area contributed by atoms with Gasteiger partial charge in [-0.25, -0.2) is 4.98 Å². The number of hydrogen-bond donors (Lipinski definition) is 0. The molecule has 0 saturated carbocycles. The molecule has 0 atom stereocenters. The van der Waals surface area contributed by atoms with Gasteiger partial charge in [-0.15, -0.1) is 11.3 Å². The molecule has 2 aromatic heterocycles. The molecule has 0 unspecified atom stereocenters. The molecule has 0 spiro atoms. The van der Waals surface area contributed by atoms with Crippen LogP contribution in [0, 0.1) is 3.57 Å². The maximum absolute atomic E-state index is 13.2. The lowest BCUT2D eigenvalue weighted by molar-refractivity contribution is 0.0736. The van der Waals surface area contributed by atoms with Gasteiger partial charge in [0.05, 0.1) is 23.2 Å². The SMILES string of the molecule is O=C(c1ccccc1I)N1CCc2c(sc3ncn(-c4ccccc4)c(=O)c23)C1. The average molecular weight is 513 g/mol. The first-order chi connectivity index (χ1) is 14.1. The van der Waals surface area contributed by atoms with Gasteiger partial charge in [0.15, 0.2) is 0 Å². The number of carbonyl (C=O) groups excluding carboxylic acids is 1. The van der Waals surface area contributed by atoms with Gasteiger partial charge in [-0.3, -0.25) is 14.2 Å². The van der Waals surface area contributed by atoms with Crippen LogP contribution in [0.15, 0.2) is 65.7 Å². The smallest absolute Gasteiger partial charge is 0.266 e. The van der Waals surface area contributed by atoms with Crippen LogP contribution in [0.25, 0.3) is 15.9 Å². The van der Waals surface area contributed by atoms with Gasteiger partial charge in [-0.05, 0) is 58.8 Å². The second kappa shape index (κ2) is 7.38. The molecular weight excluding hydrogens is 497 g/mol. The van der Waals surface area contributed by atoms with Crippen LogP contribution < -0.4 is 5.56 Å². The van der Waals surface area contributed by atoms with Crippen molar-refractivity contribution in [3.8, 4) is 5.69 Å². The van der Waals surface area contributed by atoms with E-state index in [1.54, 1.807) is 10.9 Å². The summed E-state index contributed by atoms with van der Waals surface area (Å²) in [4.78, 5) is 34.4. The topological polar surface area (TPSA) is 55.2 Å². The van der Waals surface area contributed by atoms with Crippen LogP contribution >= 0.6 is 33.9 Å². The third kappa shape index (κ3) is 3.18. The molecule has 3 heterocycles. The number of benzene rings is 2. The van der Waals surface area contributed by atoms with Crippen molar-refractivity contribution in [3.63, 3.8) is 0 Å². The molecule has 0 aliphatic carbocycles. The van der Waals surface area contributed by atoms with Crippen molar-refractivity contribution >= 4 is 50.1 Å². The summed E-state index contributed by atoms with van der Waals surface area (Å²) >= 11 is 3.72. The first kappa shape index (κ1) is 18.5. The summed E-state index contributed by atoms with van der Waals surface area (Å²) in [6, 6.07) is 17.2. The van der Waals surface area contributed by atoms with E-state index in [1.165, 1.54) is 11.3 Å². The van der Waals surface area contributed by atoms with E-state index in [0.29, 0.717) is 24.9 Å². The Morgan fingerprint density at radius 3 is 2.62 bits per heavy atom. The largest absolute Gasteiger partial charge is 0.333 e. The number of nitrogens with zero attached hydrogens (tertiary/aromatic N) is 3. The van der Waals surface area contributed by atoms with Crippen molar-refractivity contribution in [2.45, 2.75) is 13.0 Å². The van der Waals surface area contributed by atoms with Crippen molar-refractivity contribution in [2.24, 2.45) is 0 Å². The predicted octanol–water partition coefficient (Wildman–Crippen LogP) is 4.25. The zero-order valence-electron chi connectivity index (χ0n) is 15.3.